The third kappa shape index (κ3) is 3.81. The molecule has 5 nitrogen and oxygen atoms in total. The summed E-state index contributed by atoms with van der Waals surface area (Å²) in [6.07, 6.45) is 4.12. The highest BCUT2D eigenvalue weighted by atomic mass is 32.2. The van der Waals surface area contributed by atoms with Gasteiger partial charge in [-0.05, 0) is 19.4 Å². The number of piperidine rings is 1. The highest BCUT2D eigenvalue weighted by Gasteiger charge is 2.11. The fourth-order valence-corrected chi connectivity index (χ4v) is 2.35. The highest BCUT2D eigenvalue weighted by molar-refractivity contribution is 7.99. The number of hydrogen-bond donors (Lipinski definition) is 3. The number of nitrogens with zero attached hydrogens (tertiary/aromatic N) is 2. The first-order valence-electron chi connectivity index (χ1n) is 5.37. The van der Waals surface area contributed by atoms with E-state index in [-0.39, 0.29) is 0 Å². The van der Waals surface area contributed by atoms with Crippen molar-refractivity contribution in [1.29, 1.82) is 0 Å². The van der Waals surface area contributed by atoms with Gasteiger partial charge in [-0.25, -0.2) is 4.98 Å². The number of H-pyrrole nitrogens is 1. The fraction of sp³-hybridized carbons (Fsp3) is 0.778. The van der Waals surface area contributed by atoms with E-state index >= 15 is 0 Å². The molecule has 1 aromatic heterocycles. The summed E-state index contributed by atoms with van der Waals surface area (Å²) in [6.45, 7) is 3.30. The number of thioether (sulfide) groups is 1. The molecule has 0 saturated carbocycles. The van der Waals surface area contributed by atoms with Crippen molar-refractivity contribution in [2.45, 2.75) is 24.0 Å². The predicted molar refractivity (Wildman–Crippen MR) is 61.0 cm³/mol. The zero-order valence-electron chi connectivity index (χ0n) is 8.70. The average molecular weight is 227 g/mol. The molecule has 1 fully saturated rings. The van der Waals surface area contributed by atoms with E-state index in [2.05, 4.69) is 25.8 Å². The Bertz CT molecular complexity index is 257. The maximum atomic E-state index is 4.06. The van der Waals surface area contributed by atoms with Gasteiger partial charge in [0.2, 0.25) is 0 Å². The molecule has 1 unspecified atom stereocenters. The summed E-state index contributed by atoms with van der Waals surface area (Å²) in [6, 6.07) is 0.647. The summed E-state index contributed by atoms with van der Waals surface area (Å²) in [4.78, 5) is 4.06. The van der Waals surface area contributed by atoms with Gasteiger partial charge in [0, 0.05) is 24.9 Å². The van der Waals surface area contributed by atoms with Gasteiger partial charge in [0.15, 0.2) is 5.16 Å². The molecule has 0 radical (unpaired) electrons. The van der Waals surface area contributed by atoms with E-state index in [1.165, 1.54) is 19.4 Å². The SMILES string of the molecule is c1n[nH]c(SCCNC2CCCNC2)n1. The molecule has 84 valence electrons. The standard InChI is InChI=1S/C9H17N5S/c1-2-8(6-10-3-1)11-4-5-15-9-12-7-13-14-9/h7-8,10-11H,1-6H2,(H,12,13,14). The van der Waals surface area contributed by atoms with Gasteiger partial charge in [-0.15, -0.1) is 0 Å². The normalized spacial score (nSPS) is 21.7. The molecule has 1 saturated heterocycles. The molecule has 1 aromatic rings. The lowest BCUT2D eigenvalue weighted by atomic mass is 10.1. The minimum Gasteiger partial charge on any atom is -0.315 e. The lowest BCUT2D eigenvalue weighted by Crippen LogP contribution is -2.43. The van der Waals surface area contributed by atoms with Crippen LogP contribution in [0.25, 0.3) is 0 Å². The minimum absolute atomic E-state index is 0.647. The molecule has 2 rings (SSSR count). The Kier molecular flexibility index (Phi) is 4.43. The first-order valence-corrected chi connectivity index (χ1v) is 6.36. The zero-order valence-corrected chi connectivity index (χ0v) is 9.52. The van der Waals surface area contributed by atoms with E-state index in [4.69, 9.17) is 0 Å². The molecule has 0 aromatic carbocycles. The van der Waals surface area contributed by atoms with Crippen LogP contribution in [-0.4, -0.2) is 46.6 Å². The van der Waals surface area contributed by atoms with Gasteiger partial charge < -0.3 is 10.6 Å². The summed E-state index contributed by atoms with van der Waals surface area (Å²) in [7, 11) is 0. The number of aromatic nitrogens is 3. The number of nitrogens with one attached hydrogen (secondary N) is 3. The van der Waals surface area contributed by atoms with Crippen molar-refractivity contribution in [3.8, 4) is 0 Å². The number of aromatic amines is 1. The van der Waals surface area contributed by atoms with Crippen LogP contribution in [0.1, 0.15) is 12.8 Å². The average Bonchev–Trinajstić information content (AvgIpc) is 2.79. The number of rotatable bonds is 5. The van der Waals surface area contributed by atoms with E-state index in [1.807, 2.05) is 0 Å². The second-order valence-corrected chi connectivity index (χ2v) is 4.72. The second-order valence-electron chi connectivity index (χ2n) is 3.64. The summed E-state index contributed by atoms with van der Waals surface area (Å²) in [5.41, 5.74) is 0. The largest absolute Gasteiger partial charge is 0.315 e. The van der Waals surface area contributed by atoms with Crippen LogP contribution in [-0.2, 0) is 0 Å². The monoisotopic (exact) mass is 227 g/mol. The van der Waals surface area contributed by atoms with Gasteiger partial charge in [-0.3, -0.25) is 5.10 Å². The van der Waals surface area contributed by atoms with Gasteiger partial charge in [0.25, 0.3) is 0 Å². The Balaban J connectivity index is 1.54. The van der Waals surface area contributed by atoms with Crippen molar-refractivity contribution >= 4 is 11.8 Å². The first kappa shape index (κ1) is 10.9. The second kappa shape index (κ2) is 6.09. The van der Waals surface area contributed by atoms with Crippen LogP contribution < -0.4 is 10.6 Å². The Morgan fingerprint density at radius 2 is 2.60 bits per heavy atom. The molecule has 1 atom stereocenters. The van der Waals surface area contributed by atoms with Crippen LogP contribution in [0, 0.1) is 0 Å². The summed E-state index contributed by atoms with van der Waals surface area (Å²) in [5.74, 6) is 1.03. The summed E-state index contributed by atoms with van der Waals surface area (Å²) in [5, 5.41) is 14.5. The van der Waals surface area contributed by atoms with E-state index in [0.29, 0.717) is 6.04 Å². The lowest BCUT2D eigenvalue weighted by Gasteiger charge is -2.23. The molecular formula is C9H17N5S. The van der Waals surface area contributed by atoms with Crippen LogP contribution in [0.2, 0.25) is 0 Å². The zero-order chi connectivity index (χ0) is 10.3. The molecule has 0 bridgehead atoms. The van der Waals surface area contributed by atoms with Gasteiger partial charge in [-0.1, -0.05) is 11.8 Å². The lowest BCUT2D eigenvalue weighted by molar-refractivity contribution is 0.398. The molecule has 1 aliphatic heterocycles. The molecule has 15 heavy (non-hydrogen) atoms. The molecule has 2 heterocycles. The van der Waals surface area contributed by atoms with Gasteiger partial charge in [0.05, 0.1) is 0 Å². The third-order valence-corrected chi connectivity index (χ3v) is 3.34. The Morgan fingerprint density at radius 3 is 3.33 bits per heavy atom. The van der Waals surface area contributed by atoms with Crippen molar-refractivity contribution in [3.63, 3.8) is 0 Å². The molecular weight excluding hydrogens is 210 g/mol. The fourth-order valence-electron chi connectivity index (χ4n) is 1.70. The number of hydrogen-bond acceptors (Lipinski definition) is 5. The molecule has 3 N–H and O–H groups in total. The van der Waals surface area contributed by atoms with Crippen LogP contribution >= 0.6 is 11.8 Å². The van der Waals surface area contributed by atoms with Crippen molar-refractivity contribution in [2.24, 2.45) is 0 Å². The topological polar surface area (TPSA) is 65.6 Å². The van der Waals surface area contributed by atoms with Crippen molar-refractivity contribution in [2.75, 3.05) is 25.4 Å². The maximum Gasteiger partial charge on any atom is 0.183 e. The van der Waals surface area contributed by atoms with E-state index < -0.39 is 0 Å². The molecule has 0 amide bonds. The molecule has 6 heteroatoms. The van der Waals surface area contributed by atoms with Crippen LogP contribution in [0.4, 0.5) is 0 Å². The van der Waals surface area contributed by atoms with E-state index in [1.54, 1.807) is 18.1 Å². The Hall–Kier alpha value is -0.590. The minimum atomic E-state index is 0.647. The van der Waals surface area contributed by atoms with Crippen molar-refractivity contribution in [1.82, 2.24) is 25.8 Å². The van der Waals surface area contributed by atoms with Crippen LogP contribution in [0.3, 0.4) is 0 Å². The van der Waals surface area contributed by atoms with E-state index in [0.717, 1.165) is 24.0 Å². The Labute approximate surface area is 93.8 Å². The van der Waals surface area contributed by atoms with Crippen LogP contribution in [0.5, 0.6) is 0 Å². The van der Waals surface area contributed by atoms with E-state index in [9.17, 15) is 0 Å². The van der Waals surface area contributed by atoms with Crippen LogP contribution in [0.15, 0.2) is 11.5 Å². The molecule has 0 spiro atoms. The molecule has 1 aliphatic rings. The van der Waals surface area contributed by atoms with Crippen molar-refractivity contribution < 1.29 is 0 Å². The third-order valence-electron chi connectivity index (χ3n) is 2.46. The highest BCUT2D eigenvalue weighted by Crippen LogP contribution is 2.09. The summed E-state index contributed by atoms with van der Waals surface area (Å²) >= 11 is 1.70. The van der Waals surface area contributed by atoms with Crippen molar-refractivity contribution in [3.05, 3.63) is 6.33 Å². The predicted octanol–water partition coefficient (Wildman–Crippen LogP) is 0.238. The maximum absolute atomic E-state index is 4.06. The van der Waals surface area contributed by atoms with Gasteiger partial charge in [-0.2, -0.15) is 5.10 Å². The molecule has 0 aliphatic carbocycles. The Morgan fingerprint density at radius 1 is 1.60 bits per heavy atom. The summed E-state index contributed by atoms with van der Waals surface area (Å²) < 4.78 is 0. The smallest absolute Gasteiger partial charge is 0.183 e. The van der Waals surface area contributed by atoms with Gasteiger partial charge in [0.1, 0.15) is 6.33 Å². The quantitative estimate of drug-likeness (QED) is 0.497. The van der Waals surface area contributed by atoms with Gasteiger partial charge >= 0.3 is 0 Å². The first-order chi connectivity index (χ1) is 7.45.